The minimum absolute atomic E-state index is 0.0368. The van der Waals surface area contributed by atoms with Gasteiger partial charge in [-0.25, -0.2) is 13.2 Å². The number of anilines is 1. The van der Waals surface area contributed by atoms with Gasteiger partial charge in [-0.15, -0.1) is 0 Å². The smallest absolute Gasteiger partial charge is 0.321 e. The van der Waals surface area contributed by atoms with E-state index < -0.39 is 28.2 Å². The standard InChI is InChI=1S/C10H9BrF3NO2/c1-17-10(16)6(11)4-15-5-2-7(12)9(14)8(13)3-5/h2-3,6,15H,4H2,1H3. The number of nitrogens with one attached hydrogen (secondary N) is 1. The number of hydrogen-bond acceptors (Lipinski definition) is 3. The van der Waals surface area contributed by atoms with E-state index in [9.17, 15) is 18.0 Å². The Kier molecular flexibility index (Phi) is 4.80. The second-order valence-corrected chi connectivity index (χ2v) is 4.23. The molecule has 0 aliphatic heterocycles. The second kappa shape index (κ2) is 5.90. The van der Waals surface area contributed by atoms with E-state index in [-0.39, 0.29) is 12.2 Å². The third kappa shape index (κ3) is 3.62. The van der Waals surface area contributed by atoms with Gasteiger partial charge in [-0.05, 0) is 0 Å². The minimum atomic E-state index is -1.53. The Morgan fingerprint density at radius 3 is 2.41 bits per heavy atom. The summed E-state index contributed by atoms with van der Waals surface area (Å²) < 4.78 is 42.7. The molecule has 17 heavy (non-hydrogen) atoms. The van der Waals surface area contributed by atoms with Crippen molar-refractivity contribution in [2.24, 2.45) is 0 Å². The number of benzene rings is 1. The molecule has 0 aliphatic rings. The van der Waals surface area contributed by atoms with E-state index in [1.165, 1.54) is 7.11 Å². The summed E-state index contributed by atoms with van der Waals surface area (Å²) in [4.78, 5) is 10.3. The molecule has 3 nitrogen and oxygen atoms in total. The van der Waals surface area contributed by atoms with Crippen LogP contribution in [0, 0.1) is 17.5 Å². The van der Waals surface area contributed by atoms with Crippen molar-refractivity contribution in [3.63, 3.8) is 0 Å². The quantitative estimate of drug-likeness (QED) is 0.527. The Balaban J connectivity index is 2.67. The molecule has 0 heterocycles. The summed E-state index contributed by atoms with van der Waals surface area (Å²) in [5, 5.41) is 2.57. The largest absolute Gasteiger partial charge is 0.468 e. The number of rotatable bonds is 4. The Morgan fingerprint density at radius 1 is 1.41 bits per heavy atom. The van der Waals surface area contributed by atoms with Gasteiger partial charge in [-0.1, -0.05) is 15.9 Å². The van der Waals surface area contributed by atoms with Gasteiger partial charge < -0.3 is 10.1 Å². The number of ether oxygens (including phenoxy) is 1. The highest BCUT2D eigenvalue weighted by molar-refractivity contribution is 9.10. The van der Waals surface area contributed by atoms with Crippen molar-refractivity contribution in [2.75, 3.05) is 19.0 Å². The van der Waals surface area contributed by atoms with Gasteiger partial charge in [0.15, 0.2) is 17.5 Å². The SMILES string of the molecule is COC(=O)C(Br)CNc1cc(F)c(F)c(F)c1. The number of hydrogen-bond donors (Lipinski definition) is 1. The monoisotopic (exact) mass is 311 g/mol. The maximum atomic E-state index is 12.8. The van der Waals surface area contributed by atoms with Crippen molar-refractivity contribution in [2.45, 2.75) is 4.83 Å². The Hall–Kier alpha value is -1.24. The lowest BCUT2D eigenvalue weighted by molar-refractivity contribution is -0.139. The lowest BCUT2D eigenvalue weighted by Gasteiger charge is -2.10. The van der Waals surface area contributed by atoms with Gasteiger partial charge in [0.1, 0.15) is 4.83 Å². The van der Waals surface area contributed by atoms with Crippen molar-refractivity contribution in [3.05, 3.63) is 29.6 Å². The van der Waals surface area contributed by atoms with Crippen LogP contribution in [-0.4, -0.2) is 24.5 Å². The number of halogens is 4. The Bertz CT molecular complexity index is 405. The Labute approximate surface area is 104 Å². The topological polar surface area (TPSA) is 38.3 Å². The highest BCUT2D eigenvalue weighted by Gasteiger charge is 2.16. The maximum absolute atomic E-state index is 12.8. The van der Waals surface area contributed by atoms with E-state index in [1.807, 2.05) is 0 Å². The summed E-state index contributed by atoms with van der Waals surface area (Å²) in [6.07, 6.45) is 0. The molecule has 0 radical (unpaired) electrons. The molecule has 0 amide bonds. The molecule has 1 aromatic carbocycles. The molecular formula is C10H9BrF3NO2. The van der Waals surface area contributed by atoms with Crippen LogP contribution in [0.15, 0.2) is 12.1 Å². The second-order valence-electron chi connectivity index (χ2n) is 3.13. The zero-order valence-electron chi connectivity index (χ0n) is 8.77. The van der Waals surface area contributed by atoms with Crippen LogP contribution in [0.2, 0.25) is 0 Å². The van der Waals surface area contributed by atoms with Crippen molar-refractivity contribution < 1.29 is 22.7 Å². The van der Waals surface area contributed by atoms with E-state index in [2.05, 4.69) is 26.0 Å². The van der Waals surface area contributed by atoms with Crippen molar-refractivity contribution in [3.8, 4) is 0 Å². The van der Waals surface area contributed by atoms with Gasteiger partial charge in [0.25, 0.3) is 0 Å². The molecule has 0 saturated heterocycles. The lowest BCUT2D eigenvalue weighted by Crippen LogP contribution is -2.24. The van der Waals surface area contributed by atoms with Crippen LogP contribution in [0.4, 0.5) is 18.9 Å². The highest BCUT2D eigenvalue weighted by Crippen LogP contribution is 2.17. The molecule has 0 saturated carbocycles. The first-order valence-electron chi connectivity index (χ1n) is 4.56. The van der Waals surface area contributed by atoms with Crippen LogP contribution < -0.4 is 5.32 Å². The predicted octanol–water partition coefficient (Wildman–Crippen LogP) is 2.45. The van der Waals surface area contributed by atoms with E-state index in [0.29, 0.717) is 0 Å². The molecule has 1 atom stereocenters. The van der Waals surface area contributed by atoms with Crippen molar-refractivity contribution in [1.29, 1.82) is 0 Å². The normalized spacial score (nSPS) is 12.1. The average Bonchev–Trinajstić information content (AvgIpc) is 2.31. The van der Waals surface area contributed by atoms with E-state index in [0.717, 1.165) is 12.1 Å². The third-order valence-electron chi connectivity index (χ3n) is 1.93. The lowest BCUT2D eigenvalue weighted by atomic mass is 10.2. The minimum Gasteiger partial charge on any atom is -0.468 e. The third-order valence-corrected chi connectivity index (χ3v) is 2.62. The first-order chi connectivity index (χ1) is 7.95. The summed E-state index contributed by atoms with van der Waals surface area (Å²) in [7, 11) is 1.22. The summed E-state index contributed by atoms with van der Waals surface area (Å²) in [6, 6.07) is 1.60. The highest BCUT2D eigenvalue weighted by atomic mass is 79.9. The molecular weight excluding hydrogens is 303 g/mol. The molecule has 7 heteroatoms. The number of alkyl halides is 1. The van der Waals surface area contributed by atoms with E-state index in [1.54, 1.807) is 0 Å². The molecule has 0 aromatic heterocycles. The first-order valence-corrected chi connectivity index (χ1v) is 5.47. The Morgan fingerprint density at radius 2 is 1.94 bits per heavy atom. The molecule has 1 N–H and O–H groups in total. The number of carbonyl (C=O) groups is 1. The molecule has 0 aliphatic carbocycles. The van der Waals surface area contributed by atoms with Crippen LogP contribution >= 0.6 is 15.9 Å². The molecule has 1 rings (SSSR count). The van der Waals surface area contributed by atoms with Gasteiger partial charge >= 0.3 is 5.97 Å². The molecule has 1 aromatic rings. The van der Waals surface area contributed by atoms with Crippen molar-refractivity contribution >= 4 is 27.6 Å². The van der Waals surface area contributed by atoms with Crippen LogP contribution in [0.25, 0.3) is 0 Å². The van der Waals surface area contributed by atoms with Crippen LogP contribution in [-0.2, 0) is 9.53 Å². The average molecular weight is 312 g/mol. The van der Waals surface area contributed by atoms with E-state index in [4.69, 9.17) is 0 Å². The van der Waals surface area contributed by atoms with Gasteiger partial charge in [0.05, 0.1) is 7.11 Å². The van der Waals surface area contributed by atoms with Crippen LogP contribution in [0.5, 0.6) is 0 Å². The van der Waals surface area contributed by atoms with Crippen molar-refractivity contribution in [1.82, 2.24) is 0 Å². The van der Waals surface area contributed by atoms with Crippen LogP contribution in [0.1, 0.15) is 0 Å². The zero-order chi connectivity index (χ0) is 13.0. The molecule has 0 bridgehead atoms. The van der Waals surface area contributed by atoms with Gasteiger partial charge in [0, 0.05) is 24.4 Å². The number of esters is 1. The fourth-order valence-electron chi connectivity index (χ4n) is 1.08. The molecule has 1 unspecified atom stereocenters. The summed E-state index contributed by atoms with van der Waals surface area (Å²) >= 11 is 3.01. The molecule has 0 fully saturated rings. The van der Waals surface area contributed by atoms with Gasteiger partial charge in [-0.3, -0.25) is 4.79 Å². The maximum Gasteiger partial charge on any atom is 0.321 e. The first kappa shape index (κ1) is 13.8. The molecule has 0 spiro atoms. The van der Waals surface area contributed by atoms with Gasteiger partial charge in [0.2, 0.25) is 0 Å². The molecule has 94 valence electrons. The summed E-state index contributed by atoms with van der Waals surface area (Å²) in [5.74, 6) is -4.65. The number of methoxy groups -OCH3 is 1. The van der Waals surface area contributed by atoms with E-state index >= 15 is 0 Å². The fraction of sp³-hybridized carbons (Fsp3) is 0.300. The van der Waals surface area contributed by atoms with Crippen LogP contribution in [0.3, 0.4) is 0 Å². The summed E-state index contributed by atoms with van der Waals surface area (Å²) in [5.41, 5.74) is 0.0368. The number of carbonyl (C=O) groups excluding carboxylic acids is 1. The fourth-order valence-corrected chi connectivity index (χ4v) is 1.43. The zero-order valence-corrected chi connectivity index (χ0v) is 10.4. The summed E-state index contributed by atoms with van der Waals surface area (Å²) in [6.45, 7) is 0.0528. The predicted molar refractivity (Wildman–Crippen MR) is 59.5 cm³/mol. The van der Waals surface area contributed by atoms with Gasteiger partial charge in [-0.2, -0.15) is 0 Å².